The minimum Gasteiger partial charge on any atom is -0.466 e. The molecule has 0 amide bonds. The maximum Gasteiger partial charge on any atom is 0.150 e. The van der Waals surface area contributed by atoms with E-state index < -0.39 is 9.84 Å². The van der Waals surface area contributed by atoms with Crippen molar-refractivity contribution in [2.24, 2.45) is 5.92 Å². The molecule has 4 nitrogen and oxygen atoms in total. The molecule has 0 aromatic carbocycles. The molecule has 2 atom stereocenters. The van der Waals surface area contributed by atoms with Gasteiger partial charge in [0.15, 0.2) is 9.84 Å². The SMILES string of the molecule is CCNC(c1occc1Br)C1CCS(=O)(=O)C1. The van der Waals surface area contributed by atoms with Gasteiger partial charge in [0.2, 0.25) is 0 Å². The number of furan rings is 1. The predicted molar refractivity (Wildman–Crippen MR) is 69.6 cm³/mol. The van der Waals surface area contributed by atoms with Gasteiger partial charge in [0.25, 0.3) is 0 Å². The topological polar surface area (TPSA) is 59.3 Å². The number of nitrogens with one attached hydrogen (secondary N) is 1. The van der Waals surface area contributed by atoms with Gasteiger partial charge in [-0.15, -0.1) is 0 Å². The highest BCUT2D eigenvalue weighted by molar-refractivity contribution is 9.10. The highest BCUT2D eigenvalue weighted by Crippen LogP contribution is 2.35. The van der Waals surface area contributed by atoms with E-state index in [9.17, 15) is 8.42 Å². The zero-order valence-electron chi connectivity index (χ0n) is 9.65. The molecule has 1 N–H and O–H groups in total. The van der Waals surface area contributed by atoms with Gasteiger partial charge in [-0.05, 0) is 40.9 Å². The summed E-state index contributed by atoms with van der Waals surface area (Å²) in [6, 6.07) is 1.81. The number of hydrogen-bond donors (Lipinski definition) is 1. The van der Waals surface area contributed by atoms with E-state index in [0.29, 0.717) is 6.42 Å². The van der Waals surface area contributed by atoms with Gasteiger partial charge in [-0.3, -0.25) is 0 Å². The predicted octanol–water partition coefficient (Wildman–Crippen LogP) is 2.13. The Labute approximate surface area is 110 Å². The van der Waals surface area contributed by atoms with E-state index in [2.05, 4.69) is 21.2 Å². The Morgan fingerprint density at radius 2 is 2.41 bits per heavy atom. The van der Waals surface area contributed by atoms with Crippen LogP contribution in [0.15, 0.2) is 21.2 Å². The molecule has 0 bridgehead atoms. The maximum atomic E-state index is 11.5. The summed E-state index contributed by atoms with van der Waals surface area (Å²) in [6.45, 7) is 2.79. The number of halogens is 1. The van der Waals surface area contributed by atoms with Crippen molar-refractivity contribution in [3.63, 3.8) is 0 Å². The van der Waals surface area contributed by atoms with Crippen LogP contribution >= 0.6 is 15.9 Å². The molecule has 6 heteroatoms. The molecule has 17 heavy (non-hydrogen) atoms. The third-order valence-electron chi connectivity index (χ3n) is 3.09. The Bertz CT molecular complexity index is 483. The molecular formula is C11H16BrNO3S. The van der Waals surface area contributed by atoms with Crippen LogP contribution in [0.3, 0.4) is 0 Å². The Hall–Kier alpha value is -0.330. The smallest absolute Gasteiger partial charge is 0.150 e. The molecule has 0 saturated carbocycles. The van der Waals surface area contributed by atoms with Crippen molar-refractivity contribution in [1.82, 2.24) is 5.32 Å². The molecule has 2 heterocycles. The van der Waals surface area contributed by atoms with Crippen molar-refractivity contribution in [2.45, 2.75) is 19.4 Å². The van der Waals surface area contributed by atoms with E-state index in [1.54, 1.807) is 6.26 Å². The van der Waals surface area contributed by atoms with Gasteiger partial charge in [-0.2, -0.15) is 0 Å². The summed E-state index contributed by atoms with van der Waals surface area (Å²) in [5.41, 5.74) is 0. The Morgan fingerprint density at radius 3 is 2.88 bits per heavy atom. The van der Waals surface area contributed by atoms with E-state index in [1.807, 2.05) is 13.0 Å². The molecule has 0 spiro atoms. The number of rotatable bonds is 4. The molecular weight excluding hydrogens is 306 g/mol. The van der Waals surface area contributed by atoms with Crippen LogP contribution in [0.25, 0.3) is 0 Å². The average molecular weight is 322 g/mol. The third kappa shape index (κ3) is 2.92. The van der Waals surface area contributed by atoms with Crippen LogP contribution in [-0.2, 0) is 9.84 Å². The molecule has 1 aromatic rings. The molecule has 1 saturated heterocycles. The first-order valence-corrected chi connectivity index (χ1v) is 8.31. The number of hydrogen-bond acceptors (Lipinski definition) is 4. The normalized spacial score (nSPS) is 24.9. The first-order valence-electron chi connectivity index (χ1n) is 5.70. The third-order valence-corrected chi connectivity index (χ3v) is 5.54. The van der Waals surface area contributed by atoms with Crippen molar-refractivity contribution < 1.29 is 12.8 Å². The lowest BCUT2D eigenvalue weighted by molar-refractivity contribution is 0.333. The fraction of sp³-hybridized carbons (Fsp3) is 0.636. The second-order valence-corrected chi connectivity index (χ2v) is 7.41. The number of sulfone groups is 1. The minimum absolute atomic E-state index is 0.0263. The zero-order chi connectivity index (χ0) is 12.5. The van der Waals surface area contributed by atoms with Crippen molar-refractivity contribution in [1.29, 1.82) is 0 Å². The summed E-state index contributed by atoms with van der Waals surface area (Å²) in [4.78, 5) is 0. The lowest BCUT2D eigenvalue weighted by Crippen LogP contribution is -2.29. The van der Waals surface area contributed by atoms with Crippen LogP contribution in [0, 0.1) is 5.92 Å². The molecule has 1 aliphatic heterocycles. The summed E-state index contributed by atoms with van der Waals surface area (Å²) >= 11 is 3.43. The fourth-order valence-electron chi connectivity index (χ4n) is 2.31. The first kappa shape index (κ1) is 13.1. The van der Waals surface area contributed by atoms with Crippen LogP contribution in [0.1, 0.15) is 25.1 Å². The summed E-state index contributed by atoms with van der Waals surface area (Å²) in [6.07, 6.45) is 2.32. The monoisotopic (exact) mass is 321 g/mol. The van der Waals surface area contributed by atoms with Gasteiger partial charge in [0, 0.05) is 0 Å². The molecule has 96 valence electrons. The largest absolute Gasteiger partial charge is 0.466 e. The average Bonchev–Trinajstić information content (AvgIpc) is 2.81. The zero-order valence-corrected chi connectivity index (χ0v) is 12.1. The van der Waals surface area contributed by atoms with E-state index >= 15 is 0 Å². The van der Waals surface area contributed by atoms with Crippen LogP contribution in [0.4, 0.5) is 0 Å². The van der Waals surface area contributed by atoms with Crippen LogP contribution in [-0.4, -0.2) is 26.5 Å². The molecule has 2 unspecified atom stereocenters. The van der Waals surface area contributed by atoms with Gasteiger partial charge in [0.1, 0.15) is 5.76 Å². The van der Waals surface area contributed by atoms with Gasteiger partial charge in [0.05, 0.1) is 28.3 Å². The van der Waals surface area contributed by atoms with Gasteiger partial charge in [-0.1, -0.05) is 6.92 Å². The van der Waals surface area contributed by atoms with Crippen molar-refractivity contribution >= 4 is 25.8 Å². The highest BCUT2D eigenvalue weighted by Gasteiger charge is 2.36. The Morgan fingerprint density at radius 1 is 1.65 bits per heavy atom. The van der Waals surface area contributed by atoms with E-state index in [-0.39, 0.29) is 23.5 Å². The van der Waals surface area contributed by atoms with Gasteiger partial charge >= 0.3 is 0 Å². The summed E-state index contributed by atoms with van der Waals surface area (Å²) in [5, 5.41) is 3.32. The van der Waals surface area contributed by atoms with E-state index in [1.165, 1.54) is 0 Å². The summed E-state index contributed by atoms with van der Waals surface area (Å²) < 4.78 is 29.4. The summed E-state index contributed by atoms with van der Waals surface area (Å²) in [7, 11) is -2.86. The standard InChI is InChI=1S/C11H16BrNO3S/c1-2-13-10(11-9(12)3-5-16-11)8-4-6-17(14,15)7-8/h3,5,8,10,13H,2,4,6-7H2,1H3. The van der Waals surface area contributed by atoms with Crippen LogP contribution in [0.5, 0.6) is 0 Å². The Balaban J connectivity index is 2.22. The molecule has 1 fully saturated rings. The molecule has 0 aliphatic carbocycles. The summed E-state index contributed by atoms with van der Waals surface area (Å²) in [5.74, 6) is 1.44. The first-order chi connectivity index (χ1) is 8.03. The maximum absolute atomic E-state index is 11.5. The highest BCUT2D eigenvalue weighted by atomic mass is 79.9. The van der Waals surface area contributed by atoms with Crippen molar-refractivity contribution in [2.75, 3.05) is 18.1 Å². The lowest BCUT2D eigenvalue weighted by Gasteiger charge is -2.21. The van der Waals surface area contributed by atoms with E-state index in [0.717, 1.165) is 16.8 Å². The molecule has 2 rings (SSSR count). The molecule has 1 aromatic heterocycles. The van der Waals surface area contributed by atoms with Crippen LogP contribution in [0.2, 0.25) is 0 Å². The minimum atomic E-state index is -2.86. The lowest BCUT2D eigenvalue weighted by atomic mass is 9.97. The fourth-order valence-corrected chi connectivity index (χ4v) is 4.60. The van der Waals surface area contributed by atoms with Gasteiger partial charge in [-0.25, -0.2) is 8.42 Å². The second-order valence-electron chi connectivity index (χ2n) is 4.33. The quantitative estimate of drug-likeness (QED) is 0.922. The van der Waals surface area contributed by atoms with E-state index in [4.69, 9.17) is 4.42 Å². The molecule has 0 radical (unpaired) electrons. The van der Waals surface area contributed by atoms with Crippen molar-refractivity contribution in [3.05, 3.63) is 22.6 Å². The van der Waals surface area contributed by atoms with Crippen molar-refractivity contribution in [3.8, 4) is 0 Å². The molecule has 1 aliphatic rings. The van der Waals surface area contributed by atoms with Gasteiger partial charge < -0.3 is 9.73 Å². The second kappa shape index (κ2) is 5.12. The van der Waals surface area contributed by atoms with Crippen LogP contribution < -0.4 is 5.32 Å². The Kier molecular flexibility index (Phi) is 3.95.